The zero-order valence-electron chi connectivity index (χ0n) is 41.6. The monoisotopic (exact) mass is 1080 g/mol. The predicted octanol–water partition coefficient (Wildman–Crippen LogP) is -6.14. The van der Waals surface area contributed by atoms with Crippen molar-refractivity contribution in [3.63, 3.8) is 0 Å². The van der Waals surface area contributed by atoms with Gasteiger partial charge in [-0.2, -0.15) is 0 Å². The molecule has 0 amide bonds. The largest absolute Gasteiger partial charge is 4.00 e. The summed E-state index contributed by atoms with van der Waals surface area (Å²) in [5, 5.41) is 83.9. The van der Waals surface area contributed by atoms with Crippen LogP contribution in [0.25, 0.3) is 0 Å². The Bertz CT molecular complexity index is 1080. The van der Waals surface area contributed by atoms with Gasteiger partial charge in [-0.3, -0.25) is 0 Å². The first-order valence-electron chi connectivity index (χ1n) is 22.7. The third-order valence-electron chi connectivity index (χ3n) is 8.78. The van der Waals surface area contributed by atoms with Crippen molar-refractivity contribution >= 4 is 47.8 Å². The third-order valence-corrected chi connectivity index (χ3v) is 8.78. The van der Waals surface area contributed by atoms with Crippen molar-refractivity contribution in [2.45, 2.75) is 181 Å². The van der Waals surface area contributed by atoms with Gasteiger partial charge in [-0.25, -0.2) is 0 Å². The fraction of sp³-hybridized carbons (Fsp3) is 0.818. The maximum atomic E-state index is 10.5. The van der Waals surface area contributed by atoms with Crippen molar-refractivity contribution in [2.75, 3.05) is 52.9 Å². The molecule has 8 atom stereocenters. The van der Waals surface area contributed by atoms with E-state index in [0.29, 0.717) is 77.0 Å². The molecule has 0 bridgehead atoms. The molecule has 26 heteroatoms. The van der Waals surface area contributed by atoms with Gasteiger partial charge in [0.05, 0.1) is 96.6 Å². The molecule has 8 unspecified atom stereocenters. The van der Waals surface area contributed by atoms with Crippen LogP contribution in [0.1, 0.15) is 132 Å². The molecule has 0 saturated heterocycles. The van der Waals surface area contributed by atoms with Gasteiger partial charge in [0.15, 0.2) is 0 Å². The van der Waals surface area contributed by atoms with Crippen LogP contribution in [0.15, 0.2) is 0 Å². The molecule has 70 heavy (non-hydrogen) atoms. The zero-order chi connectivity index (χ0) is 53.0. The fourth-order valence-electron chi connectivity index (χ4n) is 4.86. The standard InChI is InChI=1S/4C11H20O6.2Ti/c4*1-3-8(10(12)13)16-6-5-7-17-9(4-2)11(14)15;;/h4*8-9H,3-7H2,1-2H3,(H,12,13)(H,14,15);;/q;;;;2*+4/p-8. The first kappa shape index (κ1) is 78.3. The molecule has 0 N–H and O–H groups in total. The minimum Gasteiger partial charge on any atom is -0.547 e. The summed E-state index contributed by atoms with van der Waals surface area (Å²) in [5.41, 5.74) is 0. The van der Waals surface area contributed by atoms with Crippen molar-refractivity contribution in [1.29, 1.82) is 0 Å². The Hall–Kier alpha value is -3.13. The normalized spacial score (nSPS) is 13.8. The van der Waals surface area contributed by atoms with Crippen LogP contribution in [0.5, 0.6) is 0 Å². The van der Waals surface area contributed by atoms with Crippen molar-refractivity contribution in [2.24, 2.45) is 0 Å². The number of carboxylic acid groups (broad SMARTS) is 8. The Morgan fingerprint density at radius 1 is 0.243 bits per heavy atom. The number of carboxylic acids is 8. The van der Waals surface area contributed by atoms with E-state index in [9.17, 15) is 79.2 Å². The number of rotatable bonds is 40. The van der Waals surface area contributed by atoms with E-state index >= 15 is 0 Å². The van der Waals surface area contributed by atoms with Gasteiger partial charge >= 0.3 is 43.4 Å². The smallest absolute Gasteiger partial charge is 0.547 e. The van der Waals surface area contributed by atoms with Gasteiger partial charge in [0.2, 0.25) is 0 Å². The van der Waals surface area contributed by atoms with E-state index < -0.39 is 96.6 Å². The Balaban J connectivity index is -0.000000193. The van der Waals surface area contributed by atoms with Crippen molar-refractivity contribution in [3.05, 3.63) is 0 Å². The van der Waals surface area contributed by atoms with Gasteiger partial charge in [0.1, 0.15) is 0 Å². The van der Waals surface area contributed by atoms with Gasteiger partial charge < -0.3 is 117 Å². The predicted molar refractivity (Wildman–Crippen MR) is 219 cm³/mol. The molecule has 0 aliphatic rings. The number of carbonyl (C=O) groups excluding carboxylic acids is 8. The summed E-state index contributed by atoms with van der Waals surface area (Å²) < 4.78 is 40.2. The first-order valence-corrected chi connectivity index (χ1v) is 22.7. The molecule has 400 valence electrons. The van der Waals surface area contributed by atoms with Crippen molar-refractivity contribution < 1.29 is 161 Å². The molecule has 0 saturated carbocycles. The molecule has 0 aromatic carbocycles. The number of carbonyl (C=O) groups is 8. The quantitative estimate of drug-likeness (QED) is 0.0407. The topological polar surface area (TPSA) is 395 Å². The van der Waals surface area contributed by atoms with E-state index in [1.54, 1.807) is 55.4 Å². The Kier molecular flexibility index (Phi) is 58.4. The maximum Gasteiger partial charge on any atom is 4.00 e. The van der Waals surface area contributed by atoms with E-state index in [2.05, 4.69) is 0 Å². The molecule has 24 nitrogen and oxygen atoms in total. The maximum absolute atomic E-state index is 10.5. The minimum atomic E-state index is -1.24. The van der Waals surface area contributed by atoms with E-state index in [1.165, 1.54) is 0 Å². The van der Waals surface area contributed by atoms with Crippen LogP contribution >= 0.6 is 0 Å². The van der Waals surface area contributed by atoms with Crippen molar-refractivity contribution in [3.8, 4) is 0 Å². The first-order chi connectivity index (χ1) is 32.1. The van der Waals surface area contributed by atoms with Crippen LogP contribution in [0.3, 0.4) is 0 Å². The number of ether oxygens (including phenoxy) is 8. The molecule has 0 aliphatic heterocycles. The molecule has 0 radical (unpaired) electrons. The van der Waals surface area contributed by atoms with Gasteiger partial charge in [-0.05, 0) is 77.0 Å². The van der Waals surface area contributed by atoms with Crippen LogP contribution in [-0.4, -0.2) is 149 Å². The van der Waals surface area contributed by atoms with Crippen LogP contribution in [0.2, 0.25) is 0 Å². The third kappa shape index (κ3) is 44.8. The summed E-state index contributed by atoms with van der Waals surface area (Å²) in [6, 6.07) is 0. The SMILES string of the molecule is CCC(OCCCOC(CC)C(=O)[O-])C(=O)[O-].CCC(OCCCOC(CC)C(=O)[O-])C(=O)[O-].CCC(OCCCOC(CC)C(=O)[O-])C(=O)[O-].CCC(OCCCOC(CC)C(=O)[O-])C(=O)[O-].[Ti+4].[Ti+4]. The van der Waals surface area contributed by atoms with Crippen LogP contribution in [-0.2, 0) is 120 Å². The van der Waals surface area contributed by atoms with Crippen LogP contribution in [0, 0.1) is 0 Å². The van der Waals surface area contributed by atoms with Gasteiger partial charge in [0.25, 0.3) is 0 Å². The van der Waals surface area contributed by atoms with Gasteiger partial charge in [-0.1, -0.05) is 55.4 Å². The van der Waals surface area contributed by atoms with E-state index in [-0.39, 0.29) is 96.3 Å². The average molecular weight is 1080 g/mol. The Labute approximate surface area is 440 Å². The molecule has 0 fully saturated rings. The summed E-state index contributed by atoms with van der Waals surface area (Å²) >= 11 is 0. The Morgan fingerprint density at radius 3 is 0.386 bits per heavy atom. The summed E-state index contributed by atoms with van der Waals surface area (Å²) in [4.78, 5) is 83.9. The second-order valence-corrected chi connectivity index (χ2v) is 14.1. The second-order valence-electron chi connectivity index (χ2n) is 14.1. The molecule has 0 aliphatic carbocycles. The van der Waals surface area contributed by atoms with Gasteiger partial charge in [0, 0.05) is 52.9 Å². The summed E-state index contributed by atoms with van der Waals surface area (Å²) in [5.74, 6) is -9.93. The molecule has 0 heterocycles. The fourth-order valence-corrected chi connectivity index (χ4v) is 4.86. The van der Waals surface area contributed by atoms with Crippen molar-refractivity contribution in [1.82, 2.24) is 0 Å². The van der Waals surface area contributed by atoms with Gasteiger partial charge in [-0.15, -0.1) is 0 Å². The van der Waals surface area contributed by atoms with E-state index in [0.717, 1.165) is 0 Å². The molecule has 0 aromatic heterocycles. The molecular formula is C44H72O24Ti2. The average Bonchev–Trinajstić information content (AvgIpc) is 3.27. The molecule has 0 spiro atoms. The minimum absolute atomic E-state index is 0. The van der Waals surface area contributed by atoms with E-state index in [4.69, 9.17) is 37.9 Å². The summed E-state index contributed by atoms with van der Waals surface area (Å²) in [6.45, 7) is 15.0. The zero-order valence-corrected chi connectivity index (χ0v) is 44.7. The summed E-state index contributed by atoms with van der Waals surface area (Å²) in [6.07, 6.45) is -2.99. The van der Waals surface area contributed by atoms with E-state index in [1.807, 2.05) is 0 Å². The molecule has 0 aromatic rings. The summed E-state index contributed by atoms with van der Waals surface area (Å²) in [7, 11) is 0. The number of hydrogen-bond donors (Lipinski definition) is 0. The molecular weight excluding hydrogens is 1010 g/mol. The second kappa shape index (κ2) is 52.2. The molecule has 0 rings (SSSR count). The Morgan fingerprint density at radius 2 is 0.329 bits per heavy atom. The van der Waals surface area contributed by atoms with Crippen LogP contribution < -0.4 is 40.9 Å². The number of hydrogen-bond acceptors (Lipinski definition) is 24. The number of aliphatic carboxylic acids is 8. The van der Waals surface area contributed by atoms with Crippen LogP contribution in [0.4, 0.5) is 0 Å².